The molecule has 0 aliphatic carbocycles. The smallest absolute Gasteiger partial charge is 0.0410 e. The molecule has 1 atom stereocenters. The molecule has 0 radical (unpaired) electrons. The van der Waals surface area contributed by atoms with Gasteiger partial charge in [0.15, 0.2) is 0 Å². The van der Waals surface area contributed by atoms with E-state index in [2.05, 4.69) is 30.0 Å². The van der Waals surface area contributed by atoms with E-state index < -0.39 is 0 Å². The minimum Gasteiger partial charge on any atom is -0.138 e. The third-order valence-electron chi connectivity index (χ3n) is 0.667. The van der Waals surface area contributed by atoms with Crippen LogP contribution in [-0.2, 0) is 0 Å². The molecule has 1 aromatic carbocycles. The van der Waals surface area contributed by atoms with Crippen LogP contribution in [0.15, 0.2) is 36.4 Å². The van der Waals surface area contributed by atoms with Crippen LogP contribution in [0.3, 0.4) is 0 Å². The molecule has 1 heteroatoms. The van der Waals surface area contributed by atoms with E-state index in [0.717, 1.165) is 0 Å². The van der Waals surface area contributed by atoms with Gasteiger partial charge in [0.1, 0.15) is 0 Å². The van der Waals surface area contributed by atoms with Gasteiger partial charge in [-0.2, -0.15) is 0 Å². The fourth-order valence-corrected chi connectivity index (χ4v) is 0.385. The first-order valence-electron chi connectivity index (χ1n) is 6.53. The summed E-state index contributed by atoms with van der Waals surface area (Å²) >= 11 is 0. The number of rotatable bonds is 0. The van der Waals surface area contributed by atoms with Crippen LogP contribution in [0.5, 0.6) is 0 Å². The Morgan fingerprint density at radius 3 is 0.750 bits per heavy atom. The first-order chi connectivity index (χ1) is 7.83. The lowest BCUT2D eigenvalue weighted by molar-refractivity contribution is 1.09. The number of hydrogen-bond acceptors (Lipinski definition) is 0. The second kappa shape index (κ2) is 46.6. The normalized spacial score (nSPS) is 6.00. The summed E-state index contributed by atoms with van der Waals surface area (Å²) in [4.78, 5) is 0. The van der Waals surface area contributed by atoms with Gasteiger partial charge in [-0.05, 0) is 6.16 Å². The van der Waals surface area contributed by atoms with Crippen molar-refractivity contribution in [3.05, 3.63) is 36.4 Å². The molecule has 0 heterocycles. The van der Waals surface area contributed by atoms with E-state index in [0.29, 0.717) is 0 Å². The van der Waals surface area contributed by atoms with Crippen molar-refractivity contribution in [3.63, 3.8) is 0 Å². The number of hydrogen-bond donors (Lipinski definition) is 0. The highest BCUT2D eigenvalue weighted by Crippen LogP contribution is 1.79. The van der Waals surface area contributed by atoms with Gasteiger partial charge >= 0.3 is 0 Å². The van der Waals surface area contributed by atoms with Gasteiger partial charge in [0.2, 0.25) is 0 Å². The summed E-state index contributed by atoms with van der Waals surface area (Å²) in [6.07, 6.45) is 2.42. The minimum absolute atomic E-state index is 1.17. The molecule has 0 aliphatic heterocycles. The molecule has 1 rings (SSSR count). The van der Waals surface area contributed by atoms with Gasteiger partial charge in [-0.25, -0.2) is 0 Å². The highest BCUT2D eigenvalue weighted by Gasteiger charge is 1.57. The zero-order valence-electron chi connectivity index (χ0n) is 12.5. The zero-order chi connectivity index (χ0) is 13.7. The van der Waals surface area contributed by atoms with Crippen molar-refractivity contribution in [3.8, 4) is 0 Å². The van der Waals surface area contributed by atoms with Crippen LogP contribution in [0, 0.1) is 0 Å². The molecule has 0 aromatic heterocycles. The molecule has 0 aliphatic rings. The molecule has 1 unspecified atom stereocenters. The van der Waals surface area contributed by atoms with E-state index in [4.69, 9.17) is 0 Å². The van der Waals surface area contributed by atoms with Crippen molar-refractivity contribution in [2.75, 3.05) is 6.16 Å². The Balaban J connectivity index is -0.0000000630. The molecule has 0 nitrogen and oxygen atoms in total. The molecule has 0 saturated carbocycles. The third-order valence-corrected chi connectivity index (χ3v) is 0.667. The Morgan fingerprint density at radius 1 is 0.625 bits per heavy atom. The van der Waals surface area contributed by atoms with Crippen LogP contribution < -0.4 is 0 Å². The average Bonchev–Trinajstić information content (AvgIpc) is 2.38. The molecule has 0 amide bonds. The van der Waals surface area contributed by atoms with Gasteiger partial charge in [0.25, 0.3) is 0 Å². The average molecular weight is 244 g/mol. The fraction of sp³-hybridized carbons (Fsp3) is 0.600. The predicted octanol–water partition coefficient (Wildman–Crippen LogP) is 6.04. The van der Waals surface area contributed by atoms with Gasteiger partial charge in [0, 0.05) is 0 Å². The Labute approximate surface area is 107 Å². The minimum atomic E-state index is 1.17. The molecule has 0 bridgehead atoms. The molecule has 0 saturated heterocycles. The third kappa shape index (κ3) is 68.4. The predicted molar refractivity (Wildman–Crippen MR) is 85.4 cm³/mol. The molecule has 0 spiro atoms. The van der Waals surface area contributed by atoms with E-state index in [9.17, 15) is 0 Å². The first-order valence-corrected chi connectivity index (χ1v) is 7.35. The van der Waals surface area contributed by atoms with Crippen LogP contribution in [0.2, 0.25) is 0 Å². The summed E-state index contributed by atoms with van der Waals surface area (Å²) in [5.74, 6) is 0. The van der Waals surface area contributed by atoms with Crippen molar-refractivity contribution in [1.29, 1.82) is 0 Å². The molecule has 16 heavy (non-hydrogen) atoms. The maximum absolute atomic E-state index is 2.58. The van der Waals surface area contributed by atoms with Crippen LogP contribution in [0.25, 0.3) is 0 Å². The largest absolute Gasteiger partial charge is 0.138 e. The van der Waals surface area contributed by atoms with E-state index in [1.807, 2.05) is 64.1 Å². The topological polar surface area (TPSA) is 0 Å². The lowest BCUT2D eigenvalue weighted by atomic mass is 10.4. The summed E-state index contributed by atoms with van der Waals surface area (Å²) in [6, 6.07) is 12.0. The van der Waals surface area contributed by atoms with E-state index >= 15 is 0 Å². The van der Waals surface area contributed by atoms with E-state index in [1.54, 1.807) is 0 Å². The Kier molecular flexibility index (Phi) is 72.1. The van der Waals surface area contributed by atoms with Crippen molar-refractivity contribution in [2.45, 2.75) is 54.9 Å². The second-order valence-corrected chi connectivity index (χ2v) is 3.09. The van der Waals surface area contributed by atoms with Crippen molar-refractivity contribution in [1.82, 2.24) is 0 Å². The Morgan fingerprint density at radius 2 is 0.688 bits per heavy atom. The van der Waals surface area contributed by atoms with Crippen LogP contribution in [-0.4, -0.2) is 6.16 Å². The molecular formula is C15H33P. The van der Waals surface area contributed by atoms with E-state index in [-0.39, 0.29) is 0 Å². The van der Waals surface area contributed by atoms with Gasteiger partial charge in [-0.3, -0.25) is 0 Å². The zero-order valence-corrected chi connectivity index (χ0v) is 13.6. The maximum Gasteiger partial charge on any atom is -0.0410 e. The lowest BCUT2D eigenvalue weighted by Crippen LogP contribution is -1.47. The highest BCUT2D eigenvalue weighted by atomic mass is 31.0. The Bertz CT molecular complexity index is 97.4. The summed E-state index contributed by atoms with van der Waals surface area (Å²) in [6.45, 7) is 14.3. The second-order valence-electron chi connectivity index (χ2n) is 2.27. The Hall–Kier alpha value is -0.350. The summed E-state index contributed by atoms with van der Waals surface area (Å²) < 4.78 is 0. The van der Waals surface area contributed by atoms with Gasteiger partial charge in [-0.15, -0.1) is 9.24 Å². The van der Waals surface area contributed by atoms with Crippen molar-refractivity contribution >= 4 is 9.24 Å². The van der Waals surface area contributed by atoms with Gasteiger partial charge in [0.05, 0.1) is 0 Å². The summed E-state index contributed by atoms with van der Waals surface area (Å²) in [7, 11) is 2.58. The standard InChI is InChI=1S/C6H6.C3H8.C2H7P.2C2H6/c1-2-4-6-5-3-1;1-3-2;1-2-3;2*1-2/h1-6H;3H2,1-2H3;2-3H2,1H3;2*1-2H3. The summed E-state index contributed by atoms with van der Waals surface area (Å²) in [5.41, 5.74) is 0. The first kappa shape index (κ1) is 24.7. The van der Waals surface area contributed by atoms with E-state index in [1.165, 1.54) is 12.6 Å². The van der Waals surface area contributed by atoms with Crippen LogP contribution in [0.1, 0.15) is 54.9 Å². The summed E-state index contributed by atoms with van der Waals surface area (Å²) in [5, 5.41) is 0. The fourth-order valence-electron chi connectivity index (χ4n) is 0.385. The SMILES string of the molecule is CC.CC.CCC.CCP.c1ccccc1. The van der Waals surface area contributed by atoms with Crippen LogP contribution in [0.4, 0.5) is 0 Å². The quantitative estimate of drug-likeness (QED) is 0.488. The van der Waals surface area contributed by atoms with Crippen molar-refractivity contribution in [2.24, 2.45) is 0 Å². The van der Waals surface area contributed by atoms with Gasteiger partial charge in [-0.1, -0.05) is 91.3 Å². The highest BCUT2D eigenvalue weighted by molar-refractivity contribution is 7.16. The van der Waals surface area contributed by atoms with Crippen LogP contribution >= 0.6 is 9.24 Å². The maximum atomic E-state index is 2.58. The number of benzene rings is 1. The lowest BCUT2D eigenvalue weighted by Gasteiger charge is -1.69. The molecular weight excluding hydrogens is 211 g/mol. The van der Waals surface area contributed by atoms with Gasteiger partial charge < -0.3 is 0 Å². The molecule has 0 N–H and O–H groups in total. The molecule has 98 valence electrons. The molecule has 0 fully saturated rings. The monoisotopic (exact) mass is 244 g/mol. The molecule has 1 aromatic rings. The van der Waals surface area contributed by atoms with Crippen molar-refractivity contribution < 1.29 is 0 Å².